The minimum Gasteiger partial charge on any atom is -0.493 e. The number of hydrogen-bond acceptors (Lipinski definition) is 4. The zero-order chi connectivity index (χ0) is 15.2. The largest absolute Gasteiger partial charge is 0.493 e. The molecule has 0 aliphatic carbocycles. The van der Waals surface area contributed by atoms with Crippen molar-refractivity contribution in [1.29, 1.82) is 0 Å². The first-order chi connectivity index (χ1) is 10.2. The normalized spacial score (nSPS) is 11.1. The van der Waals surface area contributed by atoms with Gasteiger partial charge in [0.1, 0.15) is 0 Å². The average Bonchev–Trinajstić information content (AvgIpc) is 2.52. The number of pyridine rings is 1. The molecule has 4 nitrogen and oxygen atoms in total. The molecule has 0 radical (unpaired) electrons. The van der Waals surface area contributed by atoms with Crippen LogP contribution in [0.3, 0.4) is 0 Å². The molecule has 0 spiro atoms. The van der Waals surface area contributed by atoms with Crippen molar-refractivity contribution >= 4 is 17.4 Å². The minimum absolute atomic E-state index is 0.00372. The molecule has 2 rings (SSSR count). The van der Waals surface area contributed by atoms with Crippen molar-refractivity contribution in [3.8, 4) is 11.5 Å². The Labute approximate surface area is 124 Å². The van der Waals surface area contributed by atoms with Crippen LogP contribution < -0.4 is 9.47 Å². The first-order valence-corrected chi connectivity index (χ1v) is 6.50. The number of ketones is 1. The van der Waals surface area contributed by atoms with Crippen LogP contribution in [0.25, 0.3) is 11.6 Å². The smallest absolute Gasteiger partial charge is 0.161 e. The Hall–Kier alpha value is -2.62. The maximum Gasteiger partial charge on any atom is 0.161 e. The highest BCUT2D eigenvalue weighted by Gasteiger charge is 2.09. The highest BCUT2D eigenvalue weighted by atomic mass is 16.5. The number of methoxy groups -OCH3 is 2. The third-order valence-electron chi connectivity index (χ3n) is 3.09. The fourth-order valence-electron chi connectivity index (χ4n) is 2.03. The lowest BCUT2D eigenvalue weighted by molar-refractivity contribution is -0.111. The van der Waals surface area contributed by atoms with E-state index in [1.165, 1.54) is 0 Å². The molecule has 0 amide bonds. The Morgan fingerprint density at radius 3 is 2.29 bits per heavy atom. The van der Waals surface area contributed by atoms with Crippen LogP contribution in [-0.2, 0) is 4.79 Å². The Morgan fingerprint density at radius 2 is 1.71 bits per heavy atom. The summed E-state index contributed by atoms with van der Waals surface area (Å²) in [7, 11) is 3.17. The second-order valence-electron chi connectivity index (χ2n) is 4.46. The molecule has 21 heavy (non-hydrogen) atoms. The van der Waals surface area contributed by atoms with Crippen molar-refractivity contribution in [3.05, 3.63) is 53.9 Å². The highest BCUT2D eigenvalue weighted by molar-refractivity contribution is 6.24. The van der Waals surface area contributed by atoms with Gasteiger partial charge in [-0.2, -0.15) is 0 Å². The summed E-state index contributed by atoms with van der Waals surface area (Å²) >= 11 is 0. The predicted molar refractivity (Wildman–Crippen MR) is 82.3 cm³/mol. The van der Waals surface area contributed by atoms with Crippen LogP contribution in [0.1, 0.15) is 18.1 Å². The van der Waals surface area contributed by atoms with Crippen molar-refractivity contribution in [2.24, 2.45) is 0 Å². The van der Waals surface area contributed by atoms with Crippen molar-refractivity contribution in [3.63, 3.8) is 0 Å². The van der Waals surface area contributed by atoms with Crippen LogP contribution in [0.5, 0.6) is 11.5 Å². The zero-order valence-electron chi connectivity index (χ0n) is 12.3. The van der Waals surface area contributed by atoms with Gasteiger partial charge >= 0.3 is 0 Å². The van der Waals surface area contributed by atoms with Gasteiger partial charge in [-0.25, -0.2) is 0 Å². The van der Waals surface area contributed by atoms with E-state index in [4.69, 9.17) is 9.47 Å². The number of Topliss-reactive ketones (excluding diaryl/α,β-unsaturated/α-hetero) is 1. The molecule has 1 aromatic carbocycles. The van der Waals surface area contributed by atoms with Crippen molar-refractivity contribution in [2.45, 2.75) is 6.92 Å². The molecule has 0 unspecified atom stereocenters. The second kappa shape index (κ2) is 6.70. The van der Waals surface area contributed by atoms with Gasteiger partial charge < -0.3 is 9.47 Å². The molecule has 0 fully saturated rings. The molecule has 1 aromatic heterocycles. The fraction of sp³-hybridized carbons (Fsp3) is 0.176. The topological polar surface area (TPSA) is 48.4 Å². The number of nitrogens with zero attached hydrogens (tertiary/aromatic N) is 1. The third-order valence-corrected chi connectivity index (χ3v) is 3.09. The summed E-state index contributed by atoms with van der Waals surface area (Å²) in [5.41, 5.74) is 2.34. The average molecular weight is 283 g/mol. The molecule has 0 saturated carbocycles. The van der Waals surface area contributed by atoms with Crippen LogP contribution >= 0.6 is 0 Å². The molecule has 108 valence electrons. The molecule has 0 saturated heterocycles. The highest BCUT2D eigenvalue weighted by Crippen LogP contribution is 2.29. The molecule has 1 heterocycles. The van der Waals surface area contributed by atoms with Crippen LogP contribution in [-0.4, -0.2) is 25.0 Å². The van der Waals surface area contributed by atoms with E-state index in [0.29, 0.717) is 17.1 Å². The number of carbonyl (C=O) groups is 1. The van der Waals surface area contributed by atoms with Gasteiger partial charge in [0, 0.05) is 18.0 Å². The van der Waals surface area contributed by atoms with E-state index in [-0.39, 0.29) is 5.78 Å². The lowest BCUT2D eigenvalue weighted by Gasteiger charge is -2.09. The predicted octanol–water partition coefficient (Wildman–Crippen LogP) is 3.23. The molecule has 0 aliphatic heterocycles. The summed E-state index contributed by atoms with van der Waals surface area (Å²) < 4.78 is 10.5. The molecule has 0 atom stereocenters. The summed E-state index contributed by atoms with van der Waals surface area (Å²) in [6.07, 6.45) is 5.17. The quantitative estimate of drug-likeness (QED) is 0.790. The number of rotatable bonds is 5. The van der Waals surface area contributed by atoms with Crippen molar-refractivity contribution in [1.82, 2.24) is 4.98 Å². The standard InChI is InChI=1S/C17H17NO3/c1-12(19)15(14-6-8-18-9-7-14)10-13-4-5-16(20-2)17(11-13)21-3/h4-11H,1-3H3/b15-10-. The van der Waals surface area contributed by atoms with Gasteiger partial charge in [0.05, 0.1) is 14.2 Å². The monoisotopic (exact) mass is 283 g/mol. The van der Waals surface area contributed by atoms with Gasteiger partial charge in [-0.15, -0.1) is 0 Å². The zero-order valence-corrected chi connectivity index (χ0v) is 12.3. The van der Waals surface area contributed by atoms with Gasteiger partial charge in [0.25, 0.3) is 0 Å². The van der Waals surface area contributed by atoms with Gasteiger partial charge in [-0.05, 0) is 48.4 Å². The van der Waals surface area contributed by atoms with E-state index in [1.807, 2.05) is 36.4 Å². The summed E-state index contributed by atoms with van der Waals surface area (Å²) in [5.74, 6) is 1.28. The van der Waals surface area contributed by atoms with Crippen LogP contribution in [0, 0.1) is 0 Å². The Bertz CT molecular complexity index is 663. The van der Waals surface area contributed by atoms with Gasteiger partial charge in [-0.1, -0.05) is 6.07 Å². The molecule has 0 bridgehead atoms. The molecule has 0 N–H and O–H groups in total. The molecule has 4 heteroatoms. The minimum atomic E-state index is -0.00372. The summed E-state index contributed by atoms with van der Waals surface area (Å²) in [6, 6.07) is 9.16. The van der Waals surface area contributed by atoms with Crippen LogP contribution in [0.2, 0.25) is 0 Å². The molecule has 2 aromatic rings. The van der Waals surface area contributed by atoms with Crippen LogP contribution in [0.4, 0.5) is 0 Å². The van der Waals surface area contributed by atoms with Crippen molar-refractivity contribution in [2.75, 3.05) is 14.2 Å². The van der Waals surface area contributed by atoms with Gasteiger partial charge in [0.15, 0.2) is 17.3 Å². The number of allylic oxidation sites excluding steroid dienone is 1. The Morgan fingerprint density at radius 1 is 1.05 bits per heavy atom. The summed E-state index contributed by atoms with van der Waals surface area (Å²) in [5, 5.41) is 0. The molecular formula is C17H17NO3. The number of hydrogen-bond donors (Lipinski definition) is 0. The summed E-state index contributed by atoms with van der Waals surface area (Å²) in [4.78, 5) is 15.9. The molecular weight excluding hydrogens is 266 g/mol. The number of benzene rings is 1. The van der Waals surface area contributed by atoms with Crippen molar-refractivity contribution < 1.29 is 14.3 Å². The van der Waals surface area contributed by atoms with E-state index in [0.717, 1.165) is 11.1 Å². The lowest BCUT2D eigenvalue weighted by atomic mass is 10.0. The first-order valence-electron chi connectivity index (χ1n) is 6.50. The van der Waals surface area contributed by atoms with Gasteiger partial charge in [0.2, 0.25) is 0 Å². The number of aromatic nitrogens is 1. The van der Waals surface area contributed by atoms with Gasteiger partial charge in [-0.3, -0.25) is 9.78 Å². The maximum absolute atomic E-state index is 11.9. The van der Waals surface area contributed by atoms with E-state index in [2.05, 4.69) is 4.98 Å². The summed E-state index contributed by atoms with van der Waals surface area (Å²) in [6.45, 7) is 1.55. The number of ether oxygens (including phenoxy) is 2. The Kier molecular flexibility index (Phi) is 4.72. The Balaban J connectivity index is 2.46. The fourth-order valence-corrected chi connectivity index (χ4v) is 2.03. The number of carbonyl (C=O) groups excluding carboxylic acids is 1. The van der Waals surface area contributed by atoms with E-state index in [1.54, 1.807) is 33.5 Å². The van der Waals surface area contributed by atoms with Crippen LogP contribution in [0.15, 0.2) is 42.7 Å². The van der Waals surface area contributed by atoms with E-state index < -0.39 is 0 Å². The van der Waals surface area contributed by atoms with E-state index >= 15 is 0 Å². The second-order valence-corrected chi connectivity index (χ2v) is 4.46. The first kappa shape index (κ1) is 14.8. The van der Waals surface area contributed by atoms with E-state index in [9.17, 15) is 4.79 Å². The SMILES string of the molecule is COc1ccc(/C=C(/C(C)=O)c2ccncc2)cc1OC. The maximum atomic E-state index is 11.9. The molecule has 0 aliphatic rings. The third kappa shape index (κ3) is 3.48. The lowest BCUT2D eigenvalue weighted by Crippen LogP contribution is -1.96.